The summed E-state index contributed by atoms with van der Waals surface area (Å²) in [6, 6.07) is 8.90. The Morgan fingerprint density at radius 3 is 2.61 bits per heavy atom. The van der Waals surface area contributed by atoms with Crippen LogP contribution in [-0.4, -0.2) is 31.8 Å². The van der Waals surface area contributed by atoms with E-state index in [0.29, 0.717) is 24.3 Å². The second-order valence-corrected chi connectivity index (χ2v) is 9.53. The van der Waals surface area contributed by atoms with E-state index in [4.69, 9.17) is 5.73 Å². The first-order chi connectivity index (χ1) is 14.6. The molecule has 1 aliphatic heterocycles. The molecule has 9 nitrogen and oxygen atoms in total. The standard InChI is InChI=1S/C21H26N4O5S/c1-14-6-8-18(15(2)11-14)23-31(29,30)17-7-9-19(20(13-17)25(27)28)24-10-4-3-5-16(24)12-21(22)26/h6-9,11,13,16,23H,3-5,10,12H2,1-2H3,(H2,22,26)/t16-/m1/s1. The number of rotatable bonds is 7. The third-order valence-electron chi connectivity index (χ3n) is 5.45. The van der Waals surface area contributed by atoms with Crippen LogP contribution in [0.1, 0.15) is 36.8 Å². The van der Waals surface area contributed by atoms with Gasteiger partial charge in [0.25, 0.3) is 15.7 Å². The lowest BCUT2D eigenvalue weighted by Crippen LogP contribution is -2.42. The van der Waals surface area contributed by atoms with Gasteiger partial charge < -0.3 is 10.6 Å². The highest BCUT2D eigenvalue weighted by Crippen LogP contribution is 2.36. The maximum Gasteiger partial charge on any atom is 0.293 e. The van der Waals surface area contributed by atoms with Gasteiger partial charge in [-0.2, -0.15) is 0 Å². The molecule has 0 unspecified atom stereocenters. The Balaban J connectivity index is 1.97. The molecule has 0 spiro atoms. The Morgan fingerprint density at radius 1 is 1.23 bits per heavy atom. The lowest BCUT2D eigenvalue weighted by molar-refractivity contribution is -0.384. The highest BCUT2D eigenvalue weighted by atomic mass is 32.2. The number of hydrogen-bond acceptors (Lipinski definition) is 6. The van der Waals surface area contributed by atoms with Crippen LogP contribution in [0.2, 0.25) is 0 Å². The summed E-state index contributed by atoms with van der Waals surface area (Å²) >= 11 is 0. The molecule has 0 radical (unpaired) electrons. The molecule has 3 rings (SSSR count). The average Bonchev–Trinajstić information content (AvgIpc) is 2.69. The number of hydrogen-bond donors (Lipinski definition) is 2. The van der Waals surface area contributed by atoms with Gasteiger partial charge in [0.15, 0.2) is 0 Å². The number of carbonyl (C=O) groups excluding carboxylic acids is 1. The van der Waals surface area contributed by atoms with E-state index in [9.17, 15) is 23.3 Å². The van der Waals surface area contributed by atoms with E-state index in [1.807, 2.05) is 13.0 Å². The van der Waals surface area contributed by atoms with Crippen molar-refractivity contribution in [2.24, 2.45) is 5.73 Å². The molecule has 2 aromatic carbocycles. The summed E-state index contributed by atoms with van der Waals surface area (Å²) in [7, 11) is -4.03. The highest BCUT2D eigenvalue weighted by molar-refractivity contribution is 7.92. The molecule has 31 heavy (non-hydrogen) atoms. The molecular formula is C21H26N4O5S. The van der Waals surface area contributed by atoms with Crippen LogP contribution in [-0.2, 0) is 14.8 Å². The number of nitro groups is 1. The van der Waals surface area contributed by atoms with Gasteiger partial charge in [0.2, 0.25) is 5.91 Å². The minimum atomic E-state index is -4.03. The van der Waals surface area contributed by atoms with Gasteiger partial charge in [0, 0.05) is 25.1 Å². The van der Waals surface area contributed by atoms with E-state index >= 15 is 0 Å². The zero-order valence-corrected chi connectivity index (χ0v) is 18.3. The minimum absolute atomic E-state index is 0.0888. The van der Waals surface area contributed by atoms with Gasteiger partial charge in [-0.3, -0.25) is 19.6 Å². The summed E-state index contributed by atoms with van der Waals surface area (Å²) in [5, 5.41) is 11.8. The third kappa shape index (κ3) is 5.13. The predicted octanol–water partition coefficient (Wildman–Crippen LogP) is 3.25. The molecule has 0 aliphatic carbocycles. The van der Waals surface area contributed by atoms with E-state index in [1.165, 1.54) is 12.1 Å². The highest BCUT2D eigenvalue weighted by Gasteiger charge is 2.30. The van der Waals surface area contributed by atoms with E-state index in [0.717, 1.165) is 30.0 Å². The molecule has 0 aromatic heterocycles. The van der Waals surface area contributed by atoms with Crippen molar-refractivity contribution in [3.63, 3.8) is 0 Å². The Hall–Kier alpha value is -3.14. The van der Waals surface area contributed by atoms with Crippen LogP contribution < -0.4 is 15.4 Å². The van der Waals surface area contributed by atoms with Gasteiger partial charge in [-0.15, -0.1) is 0 Å². The van der Waals surface area contributed by atoms with Crippen molar-refractivity contribution in [1.29, 1.82) is 0 Å². The lowest BCUT2D eigenvalue weighted by atomic mass is 9.98. The number of benzene rings is 2. The Kier molecular flexibility index (Phi) is 6.49. The summed E-state index contributed by atoms with van der Waals surface area (Å²) < 4.78 is 28.3. The molecule has 1 saturated heterocycles. The number of nitrogens with two attached hydrogens (primary N) is 1. The van der Waals surface area contributed by atoms with Gasteiger partial charge in [-0.25, -0.2) is 8.42 Å². The topological polar surface area (TPSA) is 136 Å². The second kappa shape index (κ2) is 8.93. The van der Waals surface area contributed by atoms with Crippen LogP contribution in [0.5, 0.6) is 0 Å². The molecule has 1 heterocycles. The Morgan fingerprint density at radius 2 is 1.97 bits per heavy atom. The summed E-state index contributed by atoms with van der Waals surface area (Å²) in [4.78, 5) is 24.2. The first-order valence-corrected chi connectivity index (χ1v) is 11.5. The largest absolute Gasteiger partial charge is 0.370 e. The number of nitrogens with one attached hydrogen (secondary N) is 1. The molecule has 166 valence electrons. The molecule has 1 fully saturated rings. The normalized spacial score (nSPS) is 16.7. The fraction of sp³-hybridized carbons (Fsp3) is 0.381. The zero-order chi connectivity index (χ0) is 22.8. The van der Waals surface area contributed by atoms with Gasteiger partial charge in [0.05, 0.1) is 15.5 Å². The molecule has 0 bridgehead atoms. The van der Waals surface area contributed by atoms with E-state index in [1.54, 1.807) is 24.0 Å². The van der Waals surface area contributed by atoms with E-state index < -0.39 is 20.9 Å². The molecular weight excluding hydrogens is 420 g/mol. The maximum absolute atomic E-state index is 12.9. The van der Waals surface area contributed by atoms with Gasteiger partial charge in [-0.1, -0.05) is 17.7 Å². The number of nitrogens with zero attached hydrogens (tertiary/aromatic N) is 2. The SMILES string of the molecule is Cc1ccc(NS(=O)(=O)c2ccc(N3CCCC[C@@H]3CC(N)=O)c([N+](=O)[O-])c2)c(C)c1. The van der Waals surface area contributed by atoms with Gasteiger partial charge in [0.1, 0.15) is 5.69 Å². The monoisotopic (exact) mass is 446 g/mol. The fourth-order valence-electron chi connectivity index (χ4n) is 3.95. The third-order valence-corrected chi connectivity index (χ3v) is 6.82. The van der Waals surface area contributed by atoms with Crippen LogP contribution in [0.25, 0.3) is 0 Å². The molecule has 3 N–H and O–H groups in total. The van der Waals surface area contributed by atoms with Crippen LogP contribution in [0.3, 0.4) is 0 Å². The average molecular weight is 447 g/mol. The number of amides is 1. The van der Waals surface area contributed by atoms with Crippen molar-refractivity contribution in [1.82, 2.24) is 0 Å². The maximum atomic E-state index is 12.9. The lowest BCUT2D eigenvalue weighted by Gasteiger charge is -2.36. The van der Waals surface area contributed by atoms with Crippen LogP contribution in [0.4, 0.5) is 17.1 Å². The smallest absolute Gasteiger partial charge is 0.293 e. The summed E-state index contributed by atoms with van der Waals surface area (Å²) in [6.45, 7) is 4.22. The minimum Gasteiger partial charge on any atom is -0.370 e. The van der Waals surface area contributed by atoms with Crippen LogP contribution in [0.15, 0.2) is 41.3 Å². The molecule has 0 saturated carbocycles. The van der Waals surface area contributed by atoms with Crippen molar-refractivity contribution < 1.29 is 18.1 Å². The van der Waals surface area contributed by atoms with E-state index in [2.05, 4.69) is 4.72 Å². The van der Waals surface area contributed by atoms with Gasteiger partial charge in [-0.05, 0) is 56.9 Å². The zero-order valence-electron chi connectivity index (χ0n) is 17.5. The first-order valence-electron chi connectivity index (χ1n) is 10.0. The quantitative estimate of drug-likeness (QED) is 0.495. The molecule has 1 atom stereocenters. The Labute approximate surface area is 181 Å². The number of anilines is 2. The van der Waals surface area contributed by atoms with Crippen molar-refractivity contribution in [3.05, 3.63) is 57.6 Å². The summed E-state index contributed by atoms with van der Waals surface area (Å²) in [5.74, 6) is -0.476. The predicted molar refractivity (Wildman–Crippen MR) is 119 cm³/mol. The molecule has 10 heteroatoms. The molecule has 2 aromatic rings. The number of sulfonamides is 1. The number of nitro benzene ring substituents is 1. The van der Waals surface area contributed by atoms with Crippen molar-refractivity contribution >= 4 is 33.0 Å². The number of aryl methyl sites for hydroxylation is 2. The number of carbonyl (C=O) groups is 1. The van der Waals surface area contributed by atoms with E-state index in [-0.39, 0.29) is 23.0 Å². The van der Waals surface area contributed by atoms with Crippen molar-refractivity contribution in [2.45, 2.75) is 50.5 Å². The first kappa shape index (κ1) is 22.5. The van der Waals surface area contributed by atoms with Crippen LogP contribution >= 0.6 is 0 Å². The van der Waals surface area contributed by atoms with Crippen LogP contribution in [0, 0.1) is 24.0 Å². The second-order valence-electron chi connectivity index (χ2n) is 7.84. The number of piperidine rings is 1. The summed E-state index contributed by atoms with van der Waals surface area (Å²) in [6.07, 6.45) is 2.50. The molecule has 1 aliphatic rings. The van der Waals surface area contributed by atoms with Gasteiger partial charge >= 0.3 is 0 Å². The number of primary amides is 1. The van der Waals surface area contributed by atoms with Crippen molar-refractivity contribution in [2.75, 3.05) is 16.2 Å². The molecule has 1 amide bonds. The Bertz CT molecular complexity index is 1120. The fourth-order valence-corrected chi connectivity index (χ4v) is 5.10. The summed E-state index contributed by atoms with van der Waals surface area (Å²) in [5.41, 5.74) is 7.48. The van der Waals surface area contributed by atoms with Crippen molar-refractivity contribution in [3.8, 4) is 0 Å².